The first-order chi connectivity index (χ1) is 8.81. The number of hydrogen-bond donors (Lipinski definition) is 1. The Kier molecular flexibility index (Phi) is 5.07. The van der Waals surface area contributed by atoms with Crippen molar-refractivity contribution in [1.29, 1.82) is 0 Å². The molecule has 0 spiro atoms. The second kappa shape index (κ2) is 6.34. The van der Waals surface area contributed by atoms with E-state index < -0.39 is 18.1 Å². The van der Waals surface area contributed by atoms with Gasteiger partial charge in [-0.1, -0.05) is 11.8 Å². The Morgan fingerprint density at radius 2 is 2.05 bits per heavy atom. The Morgan fingerprint density at radius 3 is 2.58 bits per heavy atom. The number of aromatic carboxylic acids is 1. The van der Waals surface area contributed by atoms with Crippen LogP contribution >= 0.6 is 11.6 Å². The summed E-state index contributed by atoms with van der Waals surface area (Å²) in [6, 6.07) is 2.95. The number of carbonyl (C=O) groups is 1. The van der Waals surface area contributed by atoms with Crippen molar-refractivity contribution < 1.29 is 27.8 Å². The Hall–Kier alpha value is -1.87. The minimum Gasteiger partial charge on any atom is -0.478 e. The highest BCUT2D eigenvalue weighted by molar-refractivity contribution is 6.18. The second-order valence-corrected chi connectivity index (χ2v) is 3.72. The zero-order valence-electron chi connectivity index (χ0n) is 9.42. The lowest BCUT2D eigenvalue weighted by atomic mass is 10.1. The van der Waals surface area contributed by atoms with E-state index >= 15 is 0 Å². The van der Waals surface area contributed by atoms with Crippen LogP contribution in [0.1, 0.15) is 22.3 Å². The van der Waals surface area contributed by atoms with Crippen LogP contribution in [-0.4, -0.2) is 23.3 Å². The van der Waals surface area contributed by atoms with Crippen molar-refractivity contribution in [3.05, 3.63) is 29.3 Å². The summed E-state index contributed by atoms with van der Waals surface area (Å²) in [7, 11) is 0. The molecule has 0 aliphatic heterocycles. The van der Waals surface area contributed by atoms with Gasteiger partial charge in [-0.2, -0.15) is 0 Å². The van der Waals surface area contributed by atoms with Gasteiger partial charge in [0.2, 0.25) is 0 Å². The van der Waals surface area contributed by atoms with E-state index in [1.807, 2.05) is 0 Å². The van der Waals surface area contributed by atoms with Gasteiger partial charge in [0.05, 0.1) is 5.56 Å². The molecule has 0 unspecified atom stereocenters. The van der Waals surface area contributed by atoms with Crippen LogP contribution in [0.3, 0.4) is 0 Å². The molecule has 1 rings (SSSR count). The van der Waals surface area contributed by atoms with Crippen LogP contribution in [0.2, 0.25) is 0 Å². The molecule has 0 fully saturated rings. The summed E-state index contributed by atoms with van der Waals surface area (Å²) in [6.07, 6.45) is -4.55. The molecule has 0 saturated carbocycles. The summed E-state index contributed by atoms with van der Waals surface area (Å²) in [4.78, 5) is 10.8. The number of carboxylic acids is 1. The van der Waals surface area contributed by atoms with Crippen LogP contribution in [0.25, 0.3) is 0 Å². The second-order valence-electron chi connectivity index (χ2n) is 3.34. The monoisotopic (exact) mass is 292 g/mol. The molecule has 1 aromatic carbocycles. The van der Waals surface area contributed by atoms with Gasteiger partial charge in [-0.3, -0.25) is 0 Å². The van der Waals surface area contributed by atoms with Crippen LogP contribution < -0.4 is 4.74 Å². The molecule has 0 radical (unpaired) electrons. The lowest BCUT2D eigenvalue weighted by Crippen LogP contribution is -2.17. The van der Waals surface area contributed by atoms with Crippen LogP contribution in [0, 0.1) is 11.8 Å². The van der Waals surface area contributed by atoms with Crippen LogP contribution in [0.5, 0.6) is 5.75 Å². The van der Waals surface area contributed by atoms with Gasteiger partial charge in [-0.15, -0.1) is 24.8 Å². The lowest BCUT2D eigenvalue weighted by Gasteiger charge is -2.09. The van der Waals surface area contributed by atoms with Gasteiger partial charge in [0.1, 0.15) is 5.75 Å². The van der Waals surface area contributed by atoms with Crippen molar-refractivity contribution in [2.45, 2.75) is 12.8 Å². The molecule has 7 heteroatoms. The van der Waals surface area contributed by atoms with Gasteiger partial charge in [0, 0.05) is 17.9 Å². The Morgan fingerprint density at radius 1 is 1.37 bits per heavy atom. The zero-order valence-corrected chi connectivity index (χ0v) is 10.2. The highest BCUT2D eigenvalue weighted by Crippen LogP contribution is 2.25. The summed E-state index contributed by atoms with van der Waals surface area (Å²) in [5.41, 5.74) is -0.221. The van der Waals surface area contributed by atoms with E-state index in [9.17, 15) is 18.0 Å². The van der Waals surface area contributed by atoms with E-state index in [1.54, 1.807) is 0 Å². The number of alkyl halides is 4. The van der Waals surface area contributed by atoms with E-state index in [-0.39, 0.29) is 17.0 Å². The molecule has 1 N–H and O–H groups in total. The molecule has 1 aromatic rings. The molecule has 3 nitrogen and oxygen atoms in total. The molecule has 0 saturated heterocycles. The van der Waals surface area contributed by atoms with Crippen LogP contribution in [0.15, 0.2) is 18.2 Å². The lowest BCUT2D eigenvalue weighted by molar-refractivity contribution is -0.274. The summed E-state index contributed by atoms with van der Waals surface area (Å²) in [5, 5.41) is 8.80. The van der Waals surface area contributed by atoms with Crippen molar-refractivity contribution in [3.8, 4) is 17.6 Å². The summed E-state index contributed by atoms with van der Waals surface area (Å²) >= 11 is 5.40. The normalized spacial score (nSPS) is 10.5. The third-order valence-electron chi connectivity index (χ3n) is 1.84. The molecule has 0 amide bonds. The van der Waals surface area contributed by atoms with Crippen LogP contribution in [-0.2, 0) is 0 Å². The standard InChI is InChI=1S/C12H8ClF3O3/c13-4-2-1-3-8-5-9(11(17)18)7-10(6-8)19-12(14,15)16/h5-7H,2,4H2,(H,17,18). The molecule has 0 aliphatic rings. The van der Waals surface area contributed by atoms with E-state index in [1.165, 1.54) is 0 Å². The zero-order chi connectivity index (χ0) is 14.5. The molecule has 102 valence electrons. The van der Waals surface area contributed by atoms with Gasteiger partial charge in [-0.25, -0.2) is 4.79 Å². The van der Waals surface area contributed by atoms with Crippen molar-refractivity contribution in [2.24, 2.45) is 0 Å². The highest BCUT2D eigenvalue weighted by Gasteiger charge is 2.31. The third-order valence-corrected chi connectivity index (χ3v) is 2.03. The fraction of sp³-hybridized carbons (Fsp3) is 0.250. The van der Waals surface area contributed by atoms with E-state index in [2.05, 4.69) is 16.6 Å². The molecule has 0 aromatic heterocycles. The fourth-order valence-corrected chi connectivity index (χ4v) is 1.29. The van der Waals surface area contributed by atoms with E-state index in [0.29, 0.717) is 6.42 Å². The van der Waals surface area contributed by atoms with E-state index in [4.69, 9.17) is 16.7 Å². The first kappa shape index (κ1) is 15.2. The number of carboxylic acid groups (broad SMARTS) is 1. The first-order valence-electron chi connectivity index (χ1n) is 5.01. The topological polar surface area (TPSA) is 46.5 Å². The average molecular weight is 293 g/mol. The van der Waals surface area contributed by atoms with Gasteiger partial charge in [0.25, 0.3) is 0 Å². The van der Waals surface area contributed by atoms with Crippen molar-refractivity contribution in [1.82, 2.24) is 0 Å². The predicted octanol–water partition coefficient (Wildman–Crippen LogP) is 3.26. The Balaban J connectivity index is 3.12. The van der Waals surface area contributed by atoms with Crippen molar-refractivity contribution in [2.75, 3.05) is 5.88 Å². The minimum absolute atomic E-state index is 0.115. The van der Waals surface area contributed by atoms with Crippen molar-refractivity contribution in [3.63, 3.8) is 0 Å². The maximum absolute atomic E-state index is 12.1. The molecule has 19 heavy (non-hydrogen) atoms. The SMILES string of the molecule is O=C(O)c1cc(C#CCCCl)cc(OC(F)(F)F)c1. The summed E-state index contributed by atoms with van der Waals surface area (Å²) in [6.45, 7) is 0. The Bertz CT molecular complexity index is 529. The Labute approximate surface area is 111 Å². The largest absolute Gasteiger partial charge is 0.573 e. The maximum Gasteiger partial charge on any atom is 0.573 e. The number of benzene rings is 1. The summed E-state index contributed by atoms with van der Waals surface area (Å²) in [5.74, 6) is 3.40. The molecule has 0 heterocycles. The van der Waals surface area contributed by atoms with Gasteiger partial charge in [0.15, 0.2) is 0 Å². The van der Waals surface area contributed by atoms with Crippen LogP contribution in [0.4, 0.5) is 13.2 Å². The molecule has 0 bridgehead atoms. The molecular weight excluding hydrogens is 285 g/mol. The number of hydrogen-bond acceptors (Lipinski definition) is 2. The van der Waals surface area contributed by atoms with E-state index in [0.717, 1.165) is 18.2 Å². The molecule has 0 aliphatic carbocycles. The molecule has 0 atom stereocenters. The quantitative estimate of drug-likeness (QED) is 0.687. The van der Waals surface area contributed by atoms with Crippen molar-refractivity contribution >= 4 is 17.6 Å². The smallest absolute Gasteiger partial charge is 0.478 e. The minimum atomic E-state index is -4.89. The van der Waals surface area contributed by atoms with Gasteiger partial charge >= 0.3 is 12.3 Å². The van der Waals surface area contributed by atoms with Gasteiger partial charge in [-0.05, 0) is 18.2 Å². The predicted molar refractivity (Wildman–Crippen MR) is 62.3 cm³/mol. The average Bonchev–Trinajstić information content (AvgIpc) is 2.26. The maximum atomic E-state index is 12.1. The molecular formula is C12H8ClF3O3. The number of rotatable bonds is 3. The fourth-order valence-electron chi connectivity index (χ4n) is 1.20. The highest BCUT2D eigenvalue weighted by atomic mass is 35.5. The summed E-state index contributed by atoms with van der Waals surface area (Å²) < 4.78 is 40.0. The number of ether oxygens (including phenoxy) is 1. The first-order valence-corrected chi connectivity index (χ1v) is 5.54. The number of halogens is 4. The third kappa shape index (κ3) is 5.53. The van der Waals surface area contributed by atoms with Gasteiger partial charge < -0.3 is 9.84 Å².